The van der Waals surface area contributed by atoms with Crippen molar-refractivity contribution in [2.75, 3.05) is 67.5 Å². The van der Waals surface area contributed by atoms with Gasteiger partial charge in [0.15, 0.2) is 0 Å². The monoisotopic (exact) mass is 1670 g/mol. The molecule has 9 atom stereocenters. The van der Waals surface area contributed by atoms with E-state index in [0.29, 0.717) is 115 Å². The van der Waals surface area contributed by atoms with Crippen molar-refractivity contribution in [2.24, 2.45) is 34.0 Å². The number of carbonyl (C=O) groups is 6. The summed E-state index contributed by atoms with van der Waals surface area (Å²) in [7, 11) is 8.10. The minimum Gasteiger partial charge on any atom is -0.489 e. The van der Waals surface area contributed by atoms with Gasteiger partial charge in [0.2, 0.25) is 35.4 Å². The summed E-state index contributed by atoms with van der Waals surface area (Å²) < 4.78 is 18.6. The number of hydrogen-bond donors (Lipinski definition) is 7. The van der Waals surface area contributed by atoms with E-state index < -0.39 is 57.8 Å². The van der Waals surface area contributed by atoms with E-state index in [4.69, 9.17) is 29.2 Å². The molecule has 124 heavy (non-hydrogen) atoms. The fourth-order valence-electron chi connectivity index (χ4n) is 18.3. The number of carbonyl (C=O) groups excluding carboxylic acids is 6. The van der Waals surface area contributed by atoms with Crippen molar-refractivity contribution in [1.29, 1.82) is 0 Å². The van der Waals surface area contributed by atoms with E-state index in [1.807, 2.05) is 238 Å². The summed E-state index contributed by atoms with van der Waals surface area (Å²) in [6.45, 7) is 4.54. The molecule has 3 saturated carbocycles. The normalized spacial score (nSPS) is 21.6. The number of aliphatic hydroxyl groups excluding tert-OH is 1. The number of rotatable bonds is 26. The minimum absolute atomic E-state index is 0.000406. The van der Waals surface area contributed by atoms with Crippen molar-refractivity contribution in [3.05, 3.63) is 288 Å². The third-order valence-corrected chi connectivity index (χ3v) is 25.7. The van der Waals surface area contributed by atoms with Crippen LogP contribution in [0.5, 0.6) is 17.2 Å². The number of amides is 6. The number of β-amino-alcohol motifs (C(OH)–C–C–N with tert-alkyl or cyclic N) is 1. The highest BCUT2D eigenvalue weighted by molar-refractivity contribution is 5.98. The smallest absolute Gasteiger partial charge is 0.247 e. The molecule has 18 rings (SSSR count). The van der Waals surface area contributed by atoms with Crippen LogP contribution in [0.2, 0.25) is 0 Å². The summed E-state index contributed by atoms with van der Waals surface area (Å²) in [6.07, 6.45) is 4.28. The van der Waals surface area contributed by atoms with Crippen LogP contribution in [0.1, 0.15) is 71.9 Å². The molecule has 3 saturated heterocycles. The van der Waals surface area contributed by atoms with Crippen LogP contribution in [0.15, 0.2) is 255 Å². The molecular formula is C100H103N11O13. The molecule has 24 nitrogen and oxygen atoms in total. The fraction of sp³-hybridized carbons (Fsp3) is 0.310. The van der Waals surface area contributed by atoms with Gasteiger partial charge in [0.05, 0.1) is 73.7 Å². The first-order chi connectivity index (χ1) is 60.2. The Morgan fingerprint density at radius 1 is 0.371 bits per heavy atom. The number of aliphatic hydroxyl groups is 1. The van der Waals surface area contributed by atoms with Gasteiger partial charge in [-0.05, 0) is 175 Å². The molecule has 9 aromatic carbocycles. The maximum Gasteiger partial charge on any atom is 0.247 e. The van der Waals surface area contributed by atoms with Gasteiger partial charge in [0, 0.05) is 101 Å². The van der Waals surface area contributed by atoms with E-state index in [0.717, 1.165) is 124 Å². The molecule has 0 unspecified atom stereocenters. The number of para-hydroxylation sites is 3. The van der Waals surface area contributed by atoms with E-state index in [9.17, 15) is 49.5 Å². The van der Waals surface area contributed by atoms with Crippen molar-refractivity contribution >= 4 is 68.2 Å². The lowest BCUT2D eigenvalue weighted by Gasteiger charge is -2.25. The fourth-order valence-corrected chi connectivity index (χ4v) is 18.3. The number of ether oxygens (including phenoxy) is 3. The number of benzene rings is 9. The lowest BCUT2D eigenvalue weighted by Crippen LogP contribution is -2.41. The first-order valence-electron chi connectivity index (χ1n) is 42.4. The van der Waals surface area contributed by atoms with Crippen molar-refractivity contribution in [2.45, 2.75) is 95.8 Å². The van der Waals surface area contributed by atoms with E-state index in [2.05, 4.69) is 64.4 Å². The molecule has 12 aromatic rings. The van der Waals surface area contributed by atoms with E-state index in [1.54, 1.807) is 21.3 Å². The summed E-state index contributed by atoms with van der Waals surface area (Å²) in [4.78, 5) is 102. The van der Waals surface area contributed by atoms with Crippen LogP contribution in [-0.2, 0) is 67.9 Å². The van der Waals surface area contributed by atoms with Crippen LogP contribution in [0, 0.1) is 34.0 Å². The number of likely N-dealkylation sites (tertiary alicyclic amines) is 3. The molecule has 6 amide bonds. The number of aromatic nitrogens is 3. The Morgan fingerprint density at radius 3 is 0.911 bits per heavy atom. The lowest BCUT2D eigenvalue weighted by atomic mass is 9.92. The summed E-state index contributed by atoms with van der Waals surface area (Å²) >= 11 is 0. The Balaban J connectivity index is 0.000000138. The van der Waals surface area contributed by atoms with Gasteiger partial charge in [-0.2, -0.15) is 0 Å². The Hall–Kier alpha value is -12.8. The molecule has 24 heteroatoms. The maximum atomic E-state index is 13.7. The zero-order valence-corrected chi connectivity index (χ0v) is 70.0. The predicted octanol–water partition coefficient (Wildman–Crippen LogP) is 13.5. The van der Waals surface area contributed by atoms with Gasteiger partial charge in [-0.25, -0.2) is 31.4 Å². The van der Waals surface area contributed by atoms with Gasteiger partial charge in [-0.1, -0.05) is 182 Å². The molecular weight excluding hydrogens is 1560 g/mol. The van der Waals surface area contributed by atoms with Gasteiger partial charge in [-0.3, -0.25) is 44.4 Å². The number of nitrogens with zero attached hydrogens (tertiary/aromatic N) is 8. The van der Waals surface area contributed by atoms with Gasteiger partial charge >= 0.3 is 0 Å². The molecule has 6 heterocycles. The quantitative estimate of drug-likeness (QED) is 0.0196. The second-order valence-corrected chi connectivity index (χ2v) is 34.2. The van der Waals surface area contributed by atoms with Crippen LogP contribution in [0.4, 0.5) is 0 Å². The standard InChI is InChI=1S/2C34H36N4O4.C32H31N3O5/c2*1-37(2)26-16-17-38(21-26)33(40)34(20-29(34)32(39)36-41)19-23-12-14-27(15-13-23)42-22-25-18-31(24-8-4-3-5-9-24)35-30-11-7-6-10-28(25)30;36-24-14-15-35(19-24)31(38)32(18-27(32)30(37)34-39)17-21-10-12-25(13-11-21)40-20-23-16-29(22-6-2-1-3-7-22)33-28-9-5-4-8-26(23)28/h2*3-15,18,26,29,41H,16-17,19-22H2,1-2H3,(H,36,39);1-13,16,24,27,36,39H,14-15,17-20H2,(H,34,37)/t26-,29+,34-;26-,29-,34+;24-,27-,32+/m011/s1. The van der Waals surface area contributed by atoms with Crippen LogP contribution in [-0.4, -0.2) is 181 Å². The van der Waals surface area contributed by atoms with Crippen molar-refractivity contribution in [1.82, 2.24) is 55.9 Å². The molecule has 7 N–H and O–H groups in total. The van der Waals surface area contributed by atoms with Crippen LogP contribution in [0.25, 0.3) is 66.5 Å². The number of nitrogens with one attached hydrogen (secondary N) is 3. The topological polar surface area (TPSA) is 302 Å². The SMILES string of the molecule is CN(C)[C@@H]1CCN(C(=O)[C@@]2(Cc3ccc(OCc4cc(-c5ccccc5)nc5ccccc45)cc3)C[C@@H]2C(=O)NO)C1.CN(C)[C@H]1CCN(C(=O)[C@@]2(Cc3ccc(OCc4cc(-c5ccccc5)nc5ccccc45)cc3)C[C@@H]2C(=O)NO)C1.O=C(NO)[C@H]1C[C@]1(Cc1ccc(OCc2cc(-c3ccccc3)nc3ccccc23)cc1)C(=O)N1CC[C@@H](O)C1. The summed E-state index contributed by atoms with van der Waals surface area (Å²) in [5, 5.41) is 40.8. The van der Waals surface area contributed by atoms with E-state index in [1.165, 1.54) is 0 Å². The largest absolute Gasteiger partial charge is 0.489 e. The molecule has 636 valence electrons. The average Bonchev–Trinajstić information content (AvgIpc) is 1.57. The van der Waals surface area contributed by atoms with Crippen molar-refractivity contribution in [3.8, 4) is 51.0 Å². The molecule has 6 fully saturated rings. The van der Waals surface area contributed by atoms with Gasteiger partial charge in [0.25, 0.3) is 0 Å². The Bertz CT molecular complexity index is 5620. The first kappa shape index (κ1) is 84.8. The second kappa shape index (κ2) is 37.1. The maximum absolute atomic E-state index is 13.7. The molecule has 3 aromatic heterocycles. The average molecular weight is 1670 g/mol. The van der Waals surface area contributed by atoms with E-state index >= 15 is 0 Å². The Kier molecular flexibility index (Phi) is 25.4. The zero-order valence-electron chi connectivity index (χ0n) is 70.0. The number of hydroxylamine groups is 3. The van der Waals surface area contributed by atoms with E-state index in [-0.39, 0.29) is 24.3 Å². The molecule has 0 radical (unpaired) electrons. The molecule has 3 aliphatic carbocycles. The molecule has 0 spiro atoms. The Morgan fingerprint density at radius 2 is 0.645 bits per heavy atom. The second-order valence-electron chi connectivity index (χ2n) is 34.2. The third kappa shape index (κ3) is 18.6. The number of hydrogen-bond acceptors (Lipinski definition) is 18. The number of fused-ring (bicyclic) bond motifs is 3. The predicted molar refractivity (Wildman–Crippen MR) is 471 cm³/mol. The van der Waals surface area contributed by atoms with Crippen LogP contribution < -0.4 is 30.7 Å². The van der Waals surface area contributed by atoms with Crippen LogP contribution >= 0.6 is 0 Å². The number of pyridine rings is 3. The molecule has 6 aliphatic rings. The first-order valence-corrected chi connectivity index (χ1v) is 42.4. The highest BCUT2D eigenvalue weighted by Gasteiger charge is 2.67. The van der Waals surface area contributed by atoms with Crippen LogP contribution in [0.3, 0.4) is 0 Å². The lowest BCUT2D eigenvalue weighted by molar-refractivity contribution is -0.140. The van der Waals surface area contributed by atoms with Gasteiger partial charge in [-0.15, -0.1) is 0 Å². The summed E-state index contributed by atoms with van der Waals surface area (Å²) in [5.74, 6) is -1.23. The minimum atomic E-state index is -0.914. The molecule has 0 bridgehead atoms. The summed E-state index contributed by atoms with van der Waals surface area (Å²) in [6, 6.07) is 84.4. The third-order valence-electron chi connectivity index (χ3n) is 25.7. The van der Waals surface area contributed by atoms with Crippen molar-refractivity contribution < 1.29 is 63.7 Å². The van der Waals surface area contributed by atoms with Gasteiger partial charge in [0.1, 0.15) is 37.1 Å². The highest BCUT2D eigenvalue weighted by atomic mass is 16.5. The zero-order chi connectivity index (χ0) is 86.2. The highest BCUT2D eigenvalue weighted by Crippen LogP contribution is 2.59. The molecule has 3 aliphatic heterocycles. The number of likely N-dealkylation sites (N-methyl/N-ethyl adjacent to an activating group) is 2. The van der Waals surface area contributed by atoms with Gasteiger partial charge < -0.3 is 43.8 Å². The van der Waals surface area contributed by atoms with Crippen molar-refractivity contribution in [3.63, 3.8) is 0 Å². The summed E-state index contributed by atoms with van der Waals surface area (Å²) in [5.41, 5.74) is 17.2. The Labute approximate surface area is 720 Å².